The Labute approximate surface area is 141 Å². The number of carbonyl (C=O) groups excluding carboxylic acids is 1. The van der Waals surface area contributed by atoms with Crippen molar-refractivity contribution in [1.29, 1.82) is 0 Å². The molecule has 1 amide bonds. The molecule has 0 aliphatic carbocycles. The van der Waals surface area contributed by atoms with Gasteiger partial charge < -0.3 is 14.7 Å². The van der Waals surface area contributed by atoms with E-state index in [0.717, 1.165) is 19.4 Å². The summed E-state index contributed by atoms with van der Waals surface area (Å²) in [5.41, 5.74) is 0.122. The topological polar surface area (TPSA) is 66.8 Å². The minimum absolute atomic E-state index is 0.0523. The number of likely N-dealkylation sites (tertiary alicyclic amines) is 1. The molecule has 1 fully saturated rings. The third-order valence-corrected chi connectivity index (χ3v) is 4.19. The highest BCUT2D eigenvalue weighted by atomic mass is 35.5. The largest absolute Gasteiger partial charge is 0.490 e. The molecule has 1 aliphatic heterocycles. The van der Waals surface area contributed by atoms with Gasteiger partial charge in [-0.3, -0.25) is 4.79 Å². The number of halogens is 1. The van der Waals surface area contributed by atoms with Gasteiger partial charge in [-0.2, -0.15) is 0 Å². The zero-order valence-corrected chi connectivity index (χ0v) is 14.2. The van der Waals surface area contributed by atoms with Crippen molar-refractivity contribution in [1.82, 2.24) is 4.90 Å². The highest BCUT2D eigenvalue weighted by Crippen LogP contribution is 2.27. The molecule has 1 heterocycles. The molecule has 6 heteroatoms. The molecule has 1 atom stereocenters. The fraction of sp³-hybridized carbons (Fsp3) is 0.529. The fourth-order valence-electron chi connectivity index (χ4n) is 2.74. The smallest absolute Gasteiger partial charge is 0.335 e. The summed E-state index contributed by atoms with van der Waals surface area (Å²) < 4.78 is 5.72. The van der Waals surface area contributed by atoms with E-state index >= 15 is 0 Å². The number of hydrogen-bond acceptors (Lipinski definition) is 3. The quantitative estimate of drug-likeness (QED) is 0.862. The summed E-state index contributed by atoms with van der Waals surface area (Å²) in [6.45, 7) is 5.20. The number of benzene rings is 1. The molecular formula is C17H22ClNO4. The Balaban J connectivity index is 1.97. The minimum atomic E-state index is -1.03. The van der Waals surface area contributed by atoms with Crippen molar-refractivity contribution in [3.05, 3.63) is 28.8 Å². The van der Waals surface area contributed by atoms with Crippen LogP contribution >= 0.6 is 11.6 Å². The van der Waals surface area contributed by atoms with Crippen LogP contribution in [0, 0.1) is 5.92 Å². The van der Waals surface area contributed by atoms with Gasteiger partial charge in [-0.05, 0) is 37.0 Å². The van der Waals surface area contributed by atoms with Crippen LogP contribution in [0.15, 0.2) is 18.2 Å². The highest BCUT2D eigenvalue weighted by Gasteiger charge is 2.29. The number of carboxylic acids is 1. The van der Waals surface area contributed by atoms with Gasteiger partial charge in [0.15, 0.2) is 0 Å². The van der Waals surface area contributed by atoms with Crippen molar-refractivity contribution >= 4 is 23.5 Å². The van der Waals surface area contributed by atoms with Crippen LogP contribution in [0.4, 0.5) is 0 Å². The summed E-state index contributed by atoms with van der Waals surface area (Å²) in [5.74, 6) is -0.0828. The third-order valence-electron chi connectivity index (χ3n) is 3.89. The van der Waals surface area contributed by atoms with Crippen LogP contribution in [-0.2, 0) is 4.79 Å². The molecule has 0 aromatic heterocycles. The van der Waals surface area contributed by atoms with Crippen LogP contribution < -0.4 is 4.74 Å². The van der Waals surface area contributed by atoms with Crippen LogP contribution in [-0.4, -0.2) is 41.1 Å². The molecule has 1 aliphatic rings. The molecule has 0 spiro atoms. The van der Waals surface area contributed by atoms with E-state index in [4.69, 9.17) is 21.4 Å². The zero-order valence-electron chi connectivity index (χ0n) is 13.4. The van der Waals surface area contributed by atoms with Crippen molar-refractivity contribution < 1.29 is 19.4 Å². The van der Waals surface area contributed by atoms with Gasteiger partial charge in [0.1, 0.15) is 12.4 Å². The van der Waals surface area contributed by atoms with Crippen molar-refractivity contribution in [3.8, 4) is 5.75 Å². The first-order chi connectivity index (χ1) is 10.9. The van der Waals surface area contributed by atoms with E-state index in [1.807, 2.05) is 18.7 Å². The van der Waals surface area contributed by atoms with E-state index < -0.39 is 5.97 Å². The third kappa shape index (κ3) is 4.61. The number of hydrogen-bond donors (Lipinski definition) is 1. The fourth-order valence-corrected chi connectivity index (χ4v) is 2.98. The lowest BCUT2D eigenvalue weighted by Crippen LogP contribution is -2.39. The Hall–Kier alpha value is -1.75. The number of aromatic carboxylic acids is 1. The van der Waals surface area contributed by atoms with E-state index in [0.29, 0.717) is 24.7 Å². The summed E-state index contributed by atoms with van der Waals surface area (Å²) in [6, 6.07) is 4.44. The monoisotopic (exact) mass is 339 g/mol. The second kappa shape index (κ2) is 7.68. The van der Waals surface area contributed by atoms with Crippen LogP contribution in [0.2, 0.25) is 5.02 Å². The zero-order chi connectivity index (χ0) is 17.0. The van der Waals surface area contributed by atoms with Crippen molar-refractivity contribution in [2.24, 2.45) is 5.92 Å². The first kappa shape index (κ1) is 17.6. The normalized spacial score (nSPS) is 17.6. The molecule has 0 radical (unpaired) electrons. The van der Waals surface area contributed by atoms with Gasteiger partial charge >= 0.3 is 5.97 Å². The summed E-state index contributed by atoms with van der Waals surface area (Å²) in [6.07, 6.45) is 2.43. The van der Waals surface area contributed by atoms with E-state index in [1.54, 1.807) is 6.07 Å². The van der Waals surface area contributed by atoms with Gasteiger partial charge in [-0.25, -0.2) is 4.79 Å². The summed E-state index contributed by atoms with van der Waals surface area (Å²) in [7, 11) is 0. The maximum Gasteiger partial charge on any atom is 0.335 e. The van der Waals surface area contributed by atoms with Gasteiger partial charge in [-0.15, -0.1) is 0 Å². The lowest BCUT2D eigenvalue weighted by atomic mass is 10.1. The van der Waals surface area contributed by atoms with Crippen LogP contribution in [0.5, 0.6) is 5.75 Å². The number of amides is 1. The second-order valence-electron chi connectivity index (χ2n) is 6.24. The average molecular weight is 340 g/mol. The number of carbonyl (C=O) groups is 2. The molecule has 1 saturated heterocycles. The maximum absolute atomic E-state index is 12.2. The van der Waals surface area contributed by atoms with Gasteiger partial charge in [0, 0.05) is 13.0 Å². The lowest BCUT2D eigenvalue weighted by molar-refractivity contribution is -0.133. The molecule has 1 N–H and O–H groups in total. The molecule has 126 valence electrons. The van der Waals surface area contributed by atoms with Crippen molar-refractivity contribution in [2.45, 2.75) is 39.2 Å². The van der Waals surface area contributed by atoms with Gasteiger partial charge in [0.25, 0.3) is 0 Å². The van der Waals surface area contributed by atoms with Crippen LogP contribution in [0.3, 0.4) is 0 Å². The first-order valence-electron chi connectivity index (χ1n) is 7.83. The summed E-state index contributed by atoms with van der Waals surface area (Å²) in [4.78, 5) is 25.0. The molecular weight excluding hydrogens is 318 g/mol. The molecule has 5 nitrogen and oxygen atoms in total. The molecule has 1 aromatic rings. The Morgan fingerprint density at radius 3 is 2.78 bits per heavy atom. The lowest BCUT2D eigenvalue weighted by Gasteiger charge is -2.25. The maximum atomic E-state index is 12.2. The van der Waals surface area contributed by atoms with Crippen molar-refractivity contribution in [3.63, 3.8) is 0 Å². The average Bonchev–Trinajstić information content (AvgIpc) is 2.93. The molecule has 2 rings (SSSR count). The highest BCUT2D eigenvalue weighted by molar-refractivity contribution is 6.32. The molecule has 0 unspecified atom stereocenters. The van der Waals surface area contributed by atoms with Gasteiger partial charge in [-0.1, -0.05) is 25.4 Å². The number of ether oxygens (including phenoxy) is 1. The van der Waals surface area contributed by atoms with Crippen LogP contribution in [0.1, 0.15) is 43.5 Å². The van der Waals surface area contributed by atoms with E-state index in [1.165, 1.54) is 12.1 Å². The molecule has 0 saturated carbocycles. The number of nitrogens with zero attached hydrogens (tertiary/aromatic N) is 1. The van der Waals surface area contributed by atoms with E-state index in [-0.39, 0.29) is 22.5 Å². The second-order valence-corrected chi connectivity index (χ2v) is 6.65. The van der Waals surface area contributed by atoms with Gasteiger partial charge in [0.2, 0.25) is 5.91 Å². The van der Waals surface area contributed by atoms with Gasteiger partial charge in [0.05, 0.1) is 16.6 Å². The molecule has 23 heavy (non-hydrogen) atoms. The number of carboxylic acid groups (broad SMARTS) is 1. The Morgan fingerprint density at radius 2 is 2.17 bits per heavy atom. The summed E-state index contributed by atoms with van der Waals surface area (Å²) >= 11 is 6.06. The molecule has 1 aromatic carbocycles. The van der Waals surface area contributed by atoms with Crippen LogP contribution in [0.25, 0.3) is 0 Å². The predicted molar refractivity (Wildman–Crippen MR) is 88.1 cm³/mol. The Kier molecular flexibility index (Phi) is 5.88. The molecule has 0 bridgehead atoms. The SMILES string of the molecule is CC(C)CC(=O)N1CCC[C@H]1COc1ccc(C(=O)O)cc1Cl. The Bertz CT molecular complexity index is 588. The standard InChI is InChI=1S/C17H22ClNO4/c1-11(2)8-16(20)19-7-3-4-13(19)10-23-15-6-5-12(17(21)22)9-14(15)18/h5-6,9,11,13H,3-4,7-8,10H2,1-2H3,(H,21,22)/t13-/m0/s1. The van der Waals surface area contributed by atoms with Crippen molar-refractivity contribution in [2.75, 3.05) is 13.2 Å². The summed E-state index contributed by atoms with van der Waals surface area (Å²) in [5, 5.41) is 9.19. The van der Waals surface area contributed by atoms with E-state index in [9.17, 15) is 9.59 Å². The Morgan fingerprint density at radius 1 is 1.43 bits per heavy atom. The predicted octanol–water partition coefficient (Wildman–Crippen LogP) is 3.45. The first-order valence-corrected chi connectivity index (χ1v) is 8.21. The van der Waals surface area contributed by atoms with E-state index in [2.05, 4.69) is 0 Å². The number of rotatable bonds is 6. The minimum Gasteiger partial charge on any atom is -0.490 e.